The Morgan fingerprint density at radius 2 is 1.69 bits per heavy atom. The Kier molecular flexibility index (Phi) is 2.99. The van der Waals surface area contributed by atoms with Crippen LogP contribution in [0.15, 0.2) is 11.5 Å². The van der Waals surface area contributed by atoms with E-state index in [1.165, 1.54) is 14.0 Å². The van der Waals surface area contributed by atoms with Crippen molar-refractivity contribution in [3.63, 3.8) is 0 Å². The minimum atomic E-state index is -0.125. The second kappa shape index (κ2) is 4.28. The minimum Gasteiger partial charge on any atom is -0.491 e. The Morgan fingerprint density at radius 3 is 2.06 bits per heavy atom. The van der Waals surface area contributed by atoms with E-state index in [2.05, 4.69) is 5.32 Å². The fourth-order valence-electron chi connectivity index (χ4n) is 1.74. The van der Waals surface area contributed by atoms with Gasteiger partial charge in [0.2, 0.25) is 5.91 Å². The second-order valence-electron chi connectivity index (χ2n) is 4.54. The van der Waals surface area contributed by atoms with Gasteiger partial charge in [0.15, 0.2) is 11.5 Å². The van der Waals surface area contributed by atoms with E-state index in [9.17, 15) is 9.59 Å². The maximum absolute atomic E-state index is 11.7. The van der Waals surface area contributed by atoms with Crippen LogP contribution in [0.25, 0.3) is 0 Å². The molecule has 88 valence electrons. The number of ether oxygens (including phenoxy) is 1. The molecule has 0 aromatic carbocycles. The van der Waals surface area contributed by atoms with Gasteiger partial charge in [0.05, 0.1) is 12.8 Å². The van der Waals surface area contributed by atoms with E-state index in [-0.39, 0.29) is 17.6 Å². The van der Waals surface area contributed by atoms with Crippen LogP contribution in [0.2, 0.25) is 0 Å². The summed E-state index contributed by atoms with van der Waals surface area (Å²) in [5.41, 5.74) is 0.701. The summed E-state index contributed by atoms with van der Waals surface area (Å²) in [6.07, 6.45) is 3.99. The van der Waals surface area contributed by atoms with Crippen LogP contribution in [-0.2, 0) is 14.3 Å². The van der Waals surface area contributed by atoms with Crippen molar-refractivity contribution >= 4 is 11.7 Å². The SMILES string of the molecule is CO/C(C(C)=O)=C(\NC(=O)C1CC1)C1CC1. The van der Waals surface area contributed by atoms with E-state index >= 15 is 0 Å². The largest absolute Gasteiger partial charge is 0.491 e. The third-order valence-corrected chi connectivity index (χ3v) is 2.96. The van der Waals surface area contributed by atoms with Gasteiger partial charge >= 0.3 is 0 Å². The van der Waals surface area contributed by atoms with Crippen molar-refractivity contribution in [2.45, 2.75) is 32.6 Å². The Morgan fingerprint density at radius 1 is 1.12 bits per heavy atom. The Bertz CT molecular complexity index is 351. The molecule has 0 aromatic heterocycles. The molecule has 0 aromatic rings. The van der Waals surface area contributed by atoms with Crippen LogP contribution in [0.4, 0.5) is 0 Å². The van der Waals surface area contributed by atoms with Crippen molar-refractivity contribution in [1.82, 2.24) is 5.32 Å². The van der Waals surface area contributed by atoms with Gasteiger partial charge in [-0.3, -0.25) is 9.59 Å². The number of nitrogens with one attached hydrogen (secondary N) is 1. The summed E-state index contributed by atoms with van der Waals surface area (Å²) >= 11 is 0. The molecule has 2 saturated carbocycles. The molecule has 0 unspecified atom stereocenters. The van der Waals surface area contributed by atoms with Crippen molar-refractivity contribution in [1.29, 1.82) is 0 Å². The van der Waals surface area contributed by atoms with Crippen molar-refractivity contribution in [3.05, 3.63) is 11.5 Å². The van der Waals surface area contributed by atoms with Crippen molar-refractivity contribution in [3.8, 4) is 0 Å². The number of ketones is 1. The summed E-state index contributed by atoms with van der Waals surface area (Å²) in [5.74, 6) is 0.690. The zero-order valence-corrected chi connectivity index (χ0v) is 9.71. The number of hydrogen-bond donors (Lipinski definition) is 1. The molecule has 4 heteroatoms. The molecule has 2 rings (SSSR count). The molecular weight excluding hydrogens is 206 g/mol. The molecule has 2 aliphatic rings. The smallest absolute Gasteiger partial charge is 0.227 e. The highest BCUT2D eigenvalue weighted by Gasteiger charge is 2.36. The highest BCUT2D eigenvalue weighted by Crippen LogP contribution is 2.38. The zero-order valence-electron chi connectivity index (χ0n) is 9.71. The van der Waals surface area contributed by atoms with Crippen LogP contribution in [-0.4, -0.2) is 18.8 Å². The fourth-order valence-corrected chi connectivity index (χ4v) is 1.74. The average molecular weight is 223 g/mol. The maximum atomic E-state index is 11.7. The molecule has 0 aliphatic heterocycles. The van der Waals surface area contributed by atoms with E-state index in [4.69, 9.17) is 4.74 Å². The summed E-state index contributed by atoms with van der Waals surface area (Å²) in [6.45, 7) is 1.46. The van der Waals surface area contributed by atoms with Gasteiger partial charge in [0.25, 0.3) is 0 Å². The number of amides is 1. The fraction of sp³-hybridized carbons (Fsp3) is 0.667. The highest BCUT2D eigenvalue weighted by atomic mass is 16.5. The Hall–Kier alpha value is -1.32. The van der Waals surface area contributed by atoms with Crippen LogP contribution < -0.4 is 5.32 Å². The monoisotopic (exact) mass is 223 g/mol. The molecule has 0 spiro atoms. The predicted molar refractivity (Wildman–Crippen MR) is 58.3 cm³/mol. The Balaban J connectivity index is 2.14. The Labute approximate surface area is 95.0 Å². The number of Topliss-reactive ketones (excluding diaryl/α,β-unsaturated/α-hetero) is 1. The molecule has 0 saturated heterocycles. The summed E-state index contributed by atoms with van der Waals surface area (Å²) in [6, 6.07) is 0. The summed E-state index contributed by atoms with van der Waals surface area (Å²) in [4.78, 5) is 23.1. The van der Waals surface area contributed by atoms with Gasteiger partial charge < -0.3 is 10.1 Å². The number of methoxy groups -OCH3 is 1. The van der Waals surface area contributed by atoms with Crippen molar-refractivity contribution in [2.75, 3.05) is 7.11 Å². The predicted octanol–water partition coefficient (Wildman–Crippen LogP) is 1.37. The molecule has 0 atom stereocenters. The maximum Gasteiger partial charge on any atom is 0.227 e. The highest BCUT2D eigenvalue weighted by molar-refractivity contribution is 5.93. The first kappa shape index (κ1) is 11.2. The normalized spacial score (nSPS) is 21.1. The number of carbonyl (C=O) groups is 2. The van der Waals surface area contributed by atoms with E-state index in [0.717, 1.165) is 25.7 Å². The zero-order chi connectivity index (χ0) is 11.7. The van der Waals surface area contributed by atoms with E-state index in [1.54, 1.807) is 0 Å². The van der Waals surface area contributed by atoms with Crippen LogP contribution in [0.3, 0.4) is 0 Å². The topological polar surface area (TPSA) is 55.4 Å². The molecular formula is C12H17NO3. The first-order valence-electron chi connectivity index (χ1n) is 5.73. The summed E-state index contributed by atoms with van der Waals surface area (Å²) < 4.78 is 5.09. The number of rotatable bonds is 5. The molecule has 2 aliphatic carbocycles. The molecule has 1 amide bonds. The number of carbonyl (C=O) groups excluding carboxylic acids is 2. The average Bonchev–Trinajstić information content (AvgIpc) is 3.07. The molecule has 0 radical (unpaired) electrons. The van der Waals surface area contributed by atoms with E-state index in [1.807, 2.05) is 0 Å². The van der Waals surface area contributed by atoms with Gasteiger partial charge in [0.1, 0.15) is 0 Å². The van der Waals surface area contributed by atoms with Gasteiger partial charge in [-0.05, 0) is 25.7 Å². The first-order valence-corrected chi connectivity index (χ1v) is 5.73. The van der Waals surface area contributed by atoms with Crippen LogP contribution in [0.1, 0.15) is 32.6 Å². The van der Waals surface area contributed by atoms with E-state index < -0.39 is 0 Å². The van der Waals surface area contributed by atoms with Gasteiger partial charge in [0, 0.05) is 18.8 Å². The number of hydrogen-bond acceptors (Lipinski definition) is 3. The molecule has 2 fully saturated rings. The van der Waals surface area contributed by atoms with Gasteiger partial charge in [-0.1, -0.05) is 0 Å². The summed E-state index contributed by atoms with van der Waals surface area (Å²) in [5, 5.41) is 2.87. The third kappa shape index (κ3) is 2.43. The standard InChI is InChI=1S/C12H17NO3/c1-7(14)11(16-2)10(8-3-4-8)13-12(15)9-5-6-9/h8-9H,3-6H2,1-2H3,(H,13,15)/b11-10-. The summed E-state index contributed by atoms with van der Waals surface area (Å²) in [7, 11) is 1.47. The van der Waals surface area contributed by atoms with Crippen LogP contribution in [0, 0.1) is 11.8 Å². The van der Waals surface area contributed by atoms with Crippen molar-refractivity contribution < 1.29 is 14.3 Å². The lowest BCUT2D eigenvalue weighted by molar-refractivity contribution is -0.121. The van der Waals surface area contributed by atoms with Crippen LogP contribution in [0.5, 0.6) is 0 Å². The first-order chi connectivity index (χ1) is 7.63. The van der Waals surface area contributed by atoms with Gasteiger partial charge in [-0.2, -0.15) is 0 Å². The lowest BCUT2D eigenvalue weighted by atomic mass is 10.2. The number of allylic oxidation sites excluding steroid dienone is 2. The quantitative estimate of drug-likeness (QED) is 0.565. The lowest BCUT2D eigenvalue weighted by Crippen LogP contribution is -2.28. The van der Waals surface area contributed by atoms with Gasteiger partial charge in [-0.25, -0.2) is 0 Å². The molecule has 16 heavy (non-hydrogen) atoms. The molecule has 0 bridgehead atoms. The molecule has 4 nitrogen and oxygen atoms in total. The second-order valence-corrected chi connectivity index (χ2v) is 4.54. The van der Waals surface area contributed by atoms with Crippen LogP contribution >= 0.6 is 0 Å². The van der Waals surface area contributed by atoms with E-state index in [0.29, 0.717) is 17.4 Å². The molecule has 1 N–H and O–H groups in total. The minimum absolute atomic E-state index is 0.0395. The van der Waals surface area contributed by atoms with Crippen molar-refractivity contribution in [2.24, 2.45) is 11.8 Å². The third-order valence-electron chi connectivity index (χ3n) is 2.96. The molecule has 0 heterocycles. The lowest BCUT2D eigenvalue weighted by Gasteiger charge is -2.12. The van der Waals surface area contributed by atoms with Gasteiger partial charge in [-0.15, -0.1) is 0 Å².